The summed E-state index contributed by atoms with van der Waals surface area (Å²) in [6.07, 6.45) is 2.23. The summed E-state index contributed by atoms with van der Waals surface area (Å²) in [6, 6.07) is 12.3. The number of aliphatic hydroxyl groups excluding tert-OH is 1. The van der Waals surface area contributed by atoms with E-state index in [1.807, 2.05) is 72.1 Å². The van der Waals surface area contributed by atoms with E-state index in [1.54, 1.807) is 25.1 Å². The highest BCUT2D eigenvalue weighted by Gasteiger charge is 2.47. The van der Waals surface area contributed by atoms with Crippen LogP contribution >= 0.6 is 23.4 Å². The fourth-order valence-electron chi connectivity index (χ4n) is 4.67. The van der Waals surface area contributed by atoms with Crippen molar-refractivity contribution >= 4 is 52.8 Å². The van der Waals surface area contributed by atoms with Crippen LogP contribution in [0.3, 0.4) is 0 Å². The number of thioether (sulfide) groups is 1. The minimum atomic E-state index is -1.04. The molecule has 4 rings (SSSR count). The van der Waals surface area contributed by atoms with Crippen LogP contribution in [0.2, 0.25) is 5.02 Å². The Morgan fingerprint density at radius 1 is 1.17 bits per heavy atom. The number of carbonyl (C=O) groups is 2. The molecular formula is C37H48ClFN4O3S. The van der Waals surface area contributed by atoms with E-state index < -0.39 is 10.8 Å². The van der Waals surface area contributed by atoms with E-state index in [4.69, 9.17) is 22.4 Å². The van der Waals surface area contributed by atoms with Gasteiger partial charge in [0.1, 0.15) is 29.2 Å². The highest BCUT2D eigenvalue weighted by Crippen LogP contribution is 2.46. The number of anilines is 2. The van der Waals surface area contributed by atoms with Gasteiger partial charge in [-0.25, -0.2) is 14.4 Å². The van der Waals surface area contributed by atoms with Gasteiger partial charge in [0.05, 0.1) is 5.56 Å². The van der Waals surface area contributed by atoms with E-state index in [0.29, 0.717) is 34.2 Å². The third-order valence-corrected chi connectivity index (χ3v) is 8.59. The topological polar surface area (TPSA) is 118 Å². The lowest BCUT2D eigenvalue weighted by atomic mass is 9.78. The van der Waals surface area contributed by atoms with Crippen LogP contribution in [0.15, 0.2) is 71.5 Å². The summed E-state index contributed by atoms with van der Waals surface area (Å²) < 4.78 is 12.6. The van der Waals surface area contributed by atoms with Gasteiger partial charge in [-0.3, -0.25) is 4.79 Å². The number of nitrogens with zero attached hydrogens (tertiary/aromatic N) is 2. The number of halogens is 2. The molecule has 1 amide bonds. The molecule has 2 heterocycles. The van der Waals surface area contributed by atoms with Crippen molar-refractivity contribution in [1.29, 1.82) is 0 Å². The molecule has 4 N–H and O–H groups in total. The van der Waals surface area contributed by atoms with E-state index in [0.717, 1.165) is 47.0 Å². The van der Waals surface area contributed by atoms with Crippen LogP contribution in [0.1, 0.15) is 83.0 Å². The first-order valence-electron chi connectivity index (χ1n) is 15.3. The van der Waals surface area contributed by atoms with Crippen LogP contribution in [0.5, 0.6) is 0 Å². The molecule has 7 nitrogen and oxygen atoms in total. The number of nitrogen functional groups attached to an aromatic ring is 1. The van der Waals surface area contributed by atoms with Crippen molar-refractivity contribution in [1.82, 2.24) is 9.97 Å². The summed E-state index contributed by atoms with van der Waals surface area (Å²) in [7, 11) is 1.00. The SMILES string of the molecule is C=C(CC(C)(C)C=O)S/C=C(\C)C1(C)C(=O)Nc2nc(C(=C)c3ccc(Cl)cc3C)nc(N)c21.CC.CCc1ccccc1F.CO. The van der Waals surface area contributed by atoms with Gasteiger partial charge >= 0.3 is 0 Å². The van der Waals surface area contributed by atoms with Gasteiger partial charge in [0.25, 0.3) is 0 Å². The van der Waals surface area contributed by atoms with Gasteiger partial charge in [0.15, 0.2) is 5.82 Å². The number of aldehydes is 1. The molecule has 1 atom stereocenters. The Morgan fingerprint density at radius 2 is 1.79 bits per heavy atom. The summed E-state index contributed by atoms with van der Waals surface area (Å²) in [4.78, 5) is 34.3. The number of aliphatic hydroxyl groups is 1. The van der Waals surface area contributed by atoms with Crippen LogP contribution in [-0.2, 0) is 21.4 Å². The Bertz CT molecular complexity index is 1620. The second-order valence-electron chi connectivity index (χ2n) is 11.4. The predicted octanol–water partition coefficient (Wildman–Crippen LogP) is 9.08. The number of hydrogen-bond donors (Lipinski definition) is 3. The summed E-state index contributed by atoms with van der Waals surface area (Å²) >= 11 is 7.48. The quantitative estimate of drug-likeness (QED) is 0.193. The van der Waals surface area contributed by atoms with E-state index in [9.17, 15) is 14.0 Å². The Kier molecular flexibility index (Phi) is 16.2. The molecule has 254 valence electrons. The highest BCUT2D eigenvalue weighted by molar-refractivity contribution is 8.05. The van der Waals surface area contributed by atoms with Crippen molar-refractivity contribution in [3.05, 3.63) is 110 Å². The lowest BCUT2D eigenvalue weighted by molar-refractivity contribution is -0.119. The van der Waals surface area contributed by atoms with Gasteiger partial charge < -0.3 is 21.0 Å². The average molecular weight is 683 g/mol. The number of nitrogens with one attached hydrogen (secondary N) is 1. The smallest absolute Gasteiger partial charge is 0.240 e. The minimum absolute atomic E-state index is 0.0972. The van der Waals surface area contributed by atoms with E-state index in [1.165, 1.54) is 17.8 Å². The third kappa shape index (κ3) is 10.3. The number of benzene rings is 2. The Labute approximate surface area is 288 Å². The number of rotatable bonds is 9. The molecule has 0 saturated carbocycles. The first-order chi connectivity index (χ1) is 22.1. The molecule has 0 fully saturated rings. The van der Waals surface area contributed by atoms with E-state index in [2.05, 4.69) is 28.4 Å². The van der Waals surface area contributed by atoms with Crippen molar-refractivity contribution in [3.8, 4) is 0 Å². The maximum absolute atomic E-state index is 13.1. The monoisotopic (exact) mass is 682 g/mol. The van der Waals surface area contributed by atoms with E-state index in [-0.39, 0.29) is 17.5 Å². The van der Waals surface area contributed by atoms with Crippen LogP contribution in [0, 0.1) is 18.2 Å². The fraction of sp³-hybridized carbons (Fsp3) is 0.351. The molecule has 0 bridgehead atoms. The highest BCUT2D eigenvalue weighted by atomic mass is 35.5. The Hall–Kier alpha value is -3.79. The number of allylic oxidation sites excluding steroid dienone is 1. The van der Waals surface area contributed by atoms with Crippen molar-refractivity contribution in [3.63, 3.8) is 0 Å². The van der Waals surface area contributed by atoms with Crippen molar-refractivity contribution in [2.75, 3.05) is 18.2 Å². The summed E-state index contributed by atoms with van der Waals surface area (Å²) in [5.41, 5.74) is 9.32. The van der Waals surface area contributed by atoms with Gasteiger partial charge in [-0.15, -0.1) is 11.8 Å². The predicted molar refractivity (Wildman–Crippen MR) is 197 cm³/mol. The largest absolute Gasteiger partial charge is 0.400 e. The van der Waals surface area contributed by atoms with Gasteiger partial charge in [-0.05, 0) is 84.4 Å². The number of aryl methyl sites for hydroxylation is 2. The van der Waals surface area contributed by atoms with E-state index >= 15 is 0 Å². The van der Waals surface area contributed by atoms with Crippen LogP contribution in [-0.4, -0.2) is 34.4 Å². The minimum Gasteiger partial charge on any atom is -0.400 e. The summed E-state index contributed by atoms with van der Waals surface area (Å²) in [5, 5.41) is 12.4. The summed E-state index contributed by atoms with van der Waals surface area (Å²) in [5.74, 6) is 0.600. The van der Waals surface area contributed by atoms with Gasteiger partial charge in [-0.2, -0.15) is 0 Å². The normalized spacial score (nSPS) is 15.0. The molecule has 1 unspecified atom stereocenters. The van der Waals surface area contributed by atoms with Crippen LogP contribution in [0.25, 0.3) is 5.57 Å². The molecule has 1 aromatic heterocycles. The molecule has 0 spiro atoms. The fourth-order valence-corrected chi connectivity index (χ4v) is 5.93. The zero-order valence-electron chi connectivity index (χ0n) is 28.9. The molecule has 0 radical (unpaired) electrons. The molecule has 10 heteroatoms. The first-order valence-corrected chi connectivity index (χ1v) is 16.5. The number of nitrogens with two attached hydrogens (primary N) is 1. The molecule has 1 aliphatic heterocycles. The number of aromatic nitrogens is 2. The number of carbonyl (C=O) groups excluding carboxylic acids is 2. The van der Waals surface area contributed by atoms with Gasteiger partial charge in [-0.1, -0.05) is 83.6 Å². The standard InChI is InChI=1S/C26H29ClN4O2S.C8H9F.C2H6.CH4O/c1-14-10-18(27)8-9-19(14)17(4)22-29-21(28)20-23(30-22)31-24(33)26(20,7)15(2)12-34-16(3)11-25(5,6)13-32;1-2-7-5-3-4-6-8(7)9;2*1-2/h8-10,12-13H,3-4,11H2,1-2,5-7H3,(H3,28,29,30,31,33);3-6H,2H2,1H3;1-2H3;2H,1H3/b15-12+;;;. The number of fused-ring (bicyclic) bond motifs is 1. The van der Waals surface area contributed by atoms with Crippen molar-refractivity contribution in [2.24, 2.45) is 5.41 Å². The molecule has 2 aromatic carbocycles. The molecule has 47 heavy (non-hydrogen) atoms. The third-order valence-electron chi connectivity index (χ3n) is 7.41. The van der Waals surface area contributed by atoms with Gasteiger partial charge in [0, 0.05) is 23.1 Å². The van der Waals surface area contributed by atoms with Crippen LogP contribution < -0.4 is 11.1 Å². The number of hydrogen-bond acceptors (Lipinski definition) is 7. The molecule has 0 saturated heterocycles. The lowest BCUT2D eigenvalue weighted by Gasteiger charge is -2.24. The molecule has 0 aliphatic carbocycles. The zero-order chi connectivity index (χ0) is 36.1. The van der Waals surface area contributed by atoms with Crippen LogP contribution in [0.4, 0.5) is 16.0 Å². The second-order valence-corrected chi connectivity index (χ2v) is 12.8. The average Bonchev–Trinajstić information content (AvgIpc) is 3.32. The molecule has 1 aliphatic rings. The molecule has 3 aromatic rings. The Balaban J connectivity index is 0.000000717. The number of amides is 1. The molecular weight excluding hydrogens is 635 g/mol. The van der Waals surface area contributed by atoms with Gasteiger partial charge in [0.2, 0.25) is 5.91 Å². The lowest BCUT2D eigenvalue weighted by Crippen LogP contribution is -2.33. The van der Waals surface area contributed by atoms with Crippen molar-refractivity contribution in [2.45, 2.75) is 73.6 Å². The Morgan fingerprint density at radius 3 is 2.32 bits per heavy atom. The maximum atomic E-state index is 13.1. The first kappa shape index (κ1) is 41.2. The summed E-state index contributed by atoms with van der Waals surface area (Å²) in [6.45, 7) is 23.5. The second kappa shape index (κ2) is 18.5. The van der Waals surface area contributed by atoms with Crippen molar-refractivity contribution < 1.29 is 19.1 Å². The maximum Gasteiger partial charge on any atom is 0.240 e. The zero-order valence-corrected chi connectivity index (χ0v) is 30.5.